The number of anilines is 1. The number of carbonyl (C=O) groups is 1. The third-order valence-corrected chi connectivity index (χ3v) is 4.66. The summed E-state index contributed by atoms with van der Waals surface area (Å²) in [7, 11) is 0. The number of nitrogens with two attached hydrogens (primary N) is 1. The van der Waals surface area contributed by atoms with Crippen molar-refractivity contribution in [1.82, 2.24) is 14.7 Å². The van der Waals surface area contributed by atoms with E-state index in [1.807, 2.05) is 38.1 Å². The number of ether oxygens (including phenoxy) is 1. The molecule has 0 aliphatic carbocycles. The predicted octanol–water partition coefficient (Wildman–Crippen LogP) is 2.45. The minimum absolute atomic E-state index is 0.0223. The summed E-state index contributed by atoms with van der Waals surface area (Å²) in [5, 5.41) is 4.83. The Labute approximate surface area is 146 Å². The van der Waals surface area contributed by atoms with E-state index in [0.29, 0.717) is 30.5 Å². The van der Waals surface area contributed by atoms with Crippen molar-refractivity contribution in [3.63, 3.8) is 0 Å². The van der Waals surface area contributed by atoms with E-state index in [1.165, 1.54) is 0 Å². The first-order valence-corrected chi connectivity index (χ1v) is 8.24. The van der Waals surface area contributed by atoms with E-state index in [0.717, 1.165) is 5.56 Å². The molecule has 2 aromatic rings. The number of halogens is 1. The first kappa shape index (κ1) is 16.8. The van der Waals surface area contributed by atoms with Crippen LogP contribution in [0.15, 0.2) is 36.5 Å². The lowest BCUT2D eigenvalue weighted by Gasteiger charge is -2.38. The number of benzene rings is 1. The molecule has 1 aromatic carbocycles. The summed E-state index contributed by atoms with van der Waals surface area (Å²) in [6, 6.07) is 9.24. The zero-order valence-corrected chi connectivity index (χ0v) is 14.5. The van der Waals surface area contributed by atoms with Crippen LogP contribution >= 0.6 is 11.6 Å². The van der Waals surface area contributed by atoms with Crippen LogP contribution in [-0.4, -0.2) is 40.3 Å². The molecule has 1 aliphatic rings. The lowest BCUT2D eigenvalue weighted by Crippen LogP contribution is -2.51. The van der Waals surface area contributed by atoms with Crippen LogP contribution in [0.4, 0.5) is 5.82 Å². The van der Waals surface area contributed by atoms with Crippen molar-refractivity contribution in [3.8, 4) is 0 Å². The van der Waals surface area contributed by atoms with Crippen LogP contribution in [0.25, 0.3) is 0 Å². The van der Waals surface area contributed by atoms with Crippen LogP contribution in [0.2, 0.25) is 5.02 Å². The van der Waals surface area contributed by atoms with Crippen molar-refractivity contribution in [2.45, 2.75) is 25.5 Å². The molecule has 1 aliphatic heterocycles. The second-order valence-electron chi connectivity index (χ2n) is 6.38. The fourth-order valence-electron chi connectivity index (χ4n) is 2.89. The molecule has 1 aromatic heterocycles. The quantitative estimate of drug-likeness (QED) is 0.924. The fourth-order valence-corrected chi connectivity index (χ4v) is 3.15. The van der Waals surface area contributed by atoms with Gasteiger partial charge in [0.1, 0.15) is 17.5 Å². The van der Waals surface area contributed by atoms with Crippen molar-refractivity contribution >= 4 is 23.3 Å². The van der Waals surface area contributed by atoms with Crippen molar-refractivity contribution in [3.05, 3.63) is 47.1 Å². The Hall–Kier alpha value is -2.05. The molecule has 128 valence electrons. The highest BCUT2D eigenvalue weighted by molar-refractivity contribution is 6.31. The van der Waals surface area contributed by atoms with Gasteiger partial charge in [-0.25, -0.2) is 0 Å². The SMILES string of the molecule is CC(C)(C(=O)N1CCOC(c2ccccc2Cl)C1)n1ccc(N)n1. The summed E-state index contributed by atoms with van der Waals surface area (Å²) in [6.45, 7) is 5.14. The minimum Gasteiger partial charge on any atom is -0.382 e. The average molecular weight is 349 g/mol. The molecule has 0 bridgehead atoms. The third-order valence-electron chi connectivity index (χ3n) is 4.31. The summed E-state index contributed by atoms with van der Waals surface area (Å²) >= 11 is 6.26. The van der Waals surface area contributed by atoms with Crippen LogP contribution < -0.4 is 5.73 Å². The summed E-state index contributed by atoms with van der Waals surface area (Å²) < 4.78 is 7.43. The lowest BCUT2D eigenvalue weighted by atomic mass is 10.0. The second-order valence-corrected chi connectivity index (χ2v) is 6.78. The van der Waals surface area contributed by atoms with Gasteiger partial charge in [0.15, 0.2) is 0 Å². The molecule has 2 heterocycles. The largest absolute Gasteiger partial charge is 0.382 e. The summed E-state index contributed by atoms with van der Waals surface area (Å²) in [5.41, 5.74) is 5.76. The molecular formula is C17H21ClN4O2. The lowest BCUT2D eigenvalue weighted by molar-refractivity contribution is -0.147. The van der Waals surface area contributed by atoms with Gasteiger partial charge in [0.25, 0.3) is 0 Å². The van der Waals surface area contributed by atoms with Crippen molar-refractivity contribution in [1.29, 1.82) is 0 Å². The smallest absolute Gasteiger partial charge is 0.250 e. The van der Waals surface area contributed by atoms with Gasteiger partial charge in [0.05, 0.1) is 13.2 Å². The van der Waals surface area contributed by atoms with Gasteiger partial charge in [-0.1, -0.05) is 29.8 Å². The molecule has 1 saturated heterocycles. The van der Waals surface area contributed by atoms with Gasteiger partial charge in [-0.2, -0.15) is 5.10 Å². The van der Waals surface area contributed by atoms with Crippen molar-refractivity contribution in [2.24, 2.45) is 0 Å². The Kier molecular flexibility index (Phi) is 4.51. The van der Waals surface area contributed by atoms with E-state index in [9.17, 15) is 4.79 Å². The number of amides is 1. The Morgan fingerprint density at radius 3 is 2.79 bits per heavy atom. The monoisotopic (exact) mass is 348 g/mol. The molecule has 1 amide bonds. The number of morpholine rings is 1. The molecule has 0 radical (unpaired) electrons. The maximum atomic E-state index is 13.0. The molecule has 0 spiro atoms. The maximum Gasteiger partial charge on any atom is 0.250 e. The second kappa shape index (κ2) is 6.45. The molecule has 7 heteroatoms. The average Bonchev–Trinajstić information content (AvgIpc) is 3.02. The molecule has 24 heavy (non-hydrogen) atoms. The van der Waals surface area contributed by atoms with Gasteiger partial charge in [0, 0.05) is 23.3 Å². The Balaban J connectivity index is 1.79. The zero-order valence-electron chi connectivity index (χ0n) is 13.8. The normalized spacial score (nSPS) is 18.6. The van der Waals surface area contributed by atoms with Gasteiger partial charge >= 0.3 is 0 Å². The summed E-state index contributed by atoms with van der Waals surface area (Å²) in [4.78, 5) is 14.8. The standard InChI is InChI=1S/C17H21ClN4O2/c1-17(2,22-8-7-15(19)20-22)16(23)21-9-10-24-14(11-21)12-5-3-4-6-13(12)18/h3-8,14H,9-11H2,1-2H3,(H2,19,20). The number of hydrogen-bond donors (Lipinski definition) is 1. The number of nitrogens with zero attached hydrogens (tertiary/aromatic N) is 3. The molecule has 2 N–H and O–H groups in total. The third kappa shape index (κ3) is 3.12. The van der Waals surface area contributed by atoms with E-state index in [2.05, 4.69) is 5.10 Å². The molecule has 1 fully saturated rings. The van der Waals surface area contributed by atoms with E-state index in [1.54, 1.807) is 21.8 Å². The van der Waals surface area contributed by atoms with E-state index in [4.69, 9.17) is 22.1 Å². The predicted molar refractivity (Wildman–Crippen MR) is 92.7 cm³/mol. The van der Waals surface area contributed by atoms with Gasteiger partial charge in [-0.3, -0.25) is 9.48 Å². The first-order valence-electron chi connectivity index (χ1n) is 7.86. The molecule has 1 atom stereocenters. The maximum absolute atomic E-state index is 13.0. The van der Waals surface area contributed by atoms with Gasteiger partial charge in [-0.15, -0.1) is 0 Å². The molecule has 1 unspecified atom stereocenters. The number of aromatic nitrogens is 2. The Morgan fingerprint density at radius 1 is 1.38 bits per heavy atom. The molecule has 6 nitrogen and oxygen atoms in total. The highest BCUT2D eigenvalue weighted by Crippen LogP contribution is 2.30. The molecular weight excluding hydrogens is 328 g/mol. The Bertz CT molecular complexity index is 744. The van der Waals surface area contributed by atoms with Crippen molar-refractivity contribution in [2.75, 3.05) is 25.4 Å². The number of carbonyl (C=O) groups excluding carboxylic acids is 1. The van der Waals surface area contributed by atoms with E-state index in [-0.39, 0.29) is 12.0 Å². The first-order chi connectivity index (χ1) is 11.4. The minimum atomic E-state index is -0.819. The Morgan fingerprint density at radius 2 is 2.12 bits per heavy atom. The highest BCUT2D eigenvalue weighted by Gasteiger charge is 2.37. The van der Waals surface area contributed by atoms with E-state index >= 15 is 0 Å². The molecule has 0 saturated carbocycles. The number of nitrogen functional groups attached to an aromatic ring is 1. The van der Waals surface area contributed by atoms with Gasteiger partial charge in [0.2, 0.25) is 5.91 Å². The molecule has 3 rings (SSSR count). The van der Waals surface area contributed by atoms with Crippen LogP contribution in [0.3, 0.4) is 0 Å². The van der Waals surface area contributed by atoms with Gasteiger partial charge in [-0.05, 0) is 26.0 Å². The zero-order chi connectivity index (χ0) is 17.3. The number of rotatable bonds is 3. The fraction of sp³-hybridized carbons (Fsp3) is 0.412. The summed E-state index contributed by atoms with van der Waals surface area (Å²) in [5.74, 6) is 0.373. The summed E-state index contributed by atoms with van der Waals surface area (Å²) in [6.07, 6.45) is 1.49. The van der Waals surface area contributed by atoms with E-state index < -0.39 is 5.54 Å². The topological polar surface area (TPSA) is 73.4 Å². The van der Waals surface area contributed by atoms with Crippen LogP contribution in [0, 0.1) is 0 Å². The van der Waals surface area contributed by atoms with Crippen molar-refractivity contribution < 1.29 is 9.53 Å². The van der Waals surface area contributed by atoms with Crippen LogP contribution in [0.5, 0.6) is 0 Å². The number of hydrogen-bond acceptors (Lipinski definition) is 4. The highest BCUT2D eigenvalue weighted by atomic mass is 35.5. The van der Waals surface area contributed by atoms with Crippen LogP contribution in [0.1, 0.15) is 25.5 Å². The van der Waals surface area contributed by atoms with Crippen LogP contribution in [-0.2, 0) is 15.1 Å². The van der Waals surface area contributed by atoms with Gasteiger partial charge < -0.3 is 15.4 Å².